The summed E-state index contributed by atoms with van der Waals surface area (Å²) < 4.78 is 13.0. The van der Waals surface area contributed by atoms with Crippen LogP contribution in [0.4, 0.5) is 10.1 Å². The van der Waals surface area contributed by atoms with Gasteiger partial charge in [-0.2, -0.15) is 0 Å². The van der Waals surface area contributed by atoms with Crippen LogP contribution in [0, 0.1) is 5.82 Å². The first-order valence-electron chi connectivity index (χ1n) is 5.56. The molecule has 0 spiro atoms. The molecule has 0 aromatic heterocycles. The Balaban J connectivity index is 2.10. The van der Waals surface area contributed by atoms with Gasteiger partial charge in [-0.15, -0.1) is 0 Å². The minimum Gasteiger partial charge on any atom is -0.391 e. The smallest absolute Gasteiger partial charge is 0.125 e. The van der Waals surface area contributed by atoms with Crippen molar-refractivity contribution >= 4 is 17.3 Å². The Hall–Kier alpha value is -0.800. The number of hydrogen-bond donors (Lipinski definition) is 2. The van der Waals surface area contributed by atoms with E-state index in [-0.39, 0.29) is 18.0 Å². The van der Waals surface area contributed by atoms with E-state index < -0.39 is 0 Å². The van der Waals surface area contributed by atoms with Gasteiger partial charge in [-0.3, -0.25) is 0 Å². The van der Waals surface area contributed by atoms with E-state index in [9.17, 15) is 9.50 Å². The Labute approximate surface area is 99.4 Å². The Morgan fingerprint density at radius 2 is 2.06 bits per heavy atom. The summed E-state index contributed by atoms with van der Waals surface area (Å²) in [6, 6.07) is 4.19. The molecule has 0 radical (unpaired) electrons. The van der Waals surface area contributed by atoms with Gasteiger partial charge in [0.25, 0.3) is 0 Å². The molecule has 1 aromatic carbocycles. The predicted molar refractivity (Wildman–Crippen MR) is 63.3 cm³/mol. The molecule has 0 saturated heterocycles. The minimum absolute atomic E-state index is 0.0203. The Bertz CT molecular complexity index is 372. The molecule has 4 heteroatoms. The number of benzene rings is 1. The van der Waals surface area contributed by atoms with E-state index >= 15 is 0 Å². The minimum atomic E-state index is -0.368. The summed E-state index contributed by atoms with van der Waals surface area (Å²) in [6.45, 7) is 0. The molecule has 16 heavy (non-hydrogen) atoms. The summed E-state index contributed by atoms with van der Waals surface area (Å²) >= 11 is 5.95. The van der Waals surface area contributed by atoms with Gasteiger partial charge in [0.2, 0.25) is 0 Å². The number of hydrogen-bond acceptors (Lipinski definition) is 2. The van der Waals surface area contributed by atoms with Gasteiger partial charge in [0, 0.05) is 0 Å². The second-order valence-electron chi connectivity index (χ2n) is 4.23. The first kappa shape index (κ1) is 11.7. The normalized spacial score (nSPS) is 25.4. The molecule has 1 aliphatic carbocycles. The van der Waals surface area contributed by atoms with Gasteiger partial charge in [-0.25, -0.2) is 4.39 Å². The van der Waals surface area contributed by atoms with Crippen molar-refractivity contribution < 1.29 is 9.50 Å². The van der Waals surface area contributed by atoms with E-state index in [1.165, 1.54) is 18.2 Å². The molecule has 0 aliphatic heterocycles. The molecule has 88 valence electrons. The van der Waals surface area contributed by atoms with E-state index in [1.807, 2.05) is 0 Å². The van der Waals surface area contributed by atoms with Gasteiger partial charge < -0.3 is 10.4 Å². The molecule has 0 amide bonds. The third kappa shape index (κ3) is 2.66. The van der Waals surface area contributed by atoms with Gasteiger partial charge in [-0.05, 0) is 31.0 Å². The number of halogens is 2. The summed E-state index contributed by atoms with van der Waals surface area (Å²) in [4.78, 5) is 0. The van der Waals surface area contributed by atoms with E-state index in [1.54, 1.807) is 0 Å². The van der Waals surface area contributed by atoms with Crippen molar-refractivity contribution in [2.75, 3.05) is 5.32 Å². The number of anilines is 1. The summed E-state index contributed by atoms with van der Waals surface area (Å²) in [5.74, 6) is -0.322. The highest BCUT2D eigenvalue weighted by atomic mass is 35.5. The van der Waals surface area contributed by atoms with Crippen LogP contribution in [-0.4, -0.2) is 17.3 Å². The number of rotatable bonds is 2. The van der Waals surface area contributed by atoms with Crippen LogP contribution in [-0.2, 0) is 0 Å². The van der Waals surface area contributed by atoms with Crippen LogP contribution in [0.5, 0.6) is 0 Å². The van der Waals surface area contributed by atoms with Crippen LogP contribution < -0.4 is 5.32 Å². The molecule has 2 nitrogen and oxygen atoms in total. The molecule has 2 atom stereocenters. The van der Waals surface area contributed by atoms with Crippen LogP contribution in [0.25, 0.3) is 0 Å². The average molecular weight is 244 g/mol. The number of aliphatic hydroxyl groups excluding tert-OH is 1. The van der Waals surface area contributed by atoms with Crippen LogP contribution in [0.2, 0.25) is 5.02 Å². The Morgan fingerprint density at radius 3 is 2.81 bits per heavy atom. The van der Waals surface area contributed by atoms with Gasteiger partial charge >= 0.3 is 0 Å². The summed E-state index contributed by atoms with van der Waals surface area (Å²) in [5.41, 5.74) is 0.563. The molecular formula is C12H15ClFNO. The lowest BCUT2D eigenvalue weighted by atomic mass is 9.92. The highest BCUT2D eigenvalue weighted by Crippen LogP contribution is 2.27. The van der Waals surface area contributed by atoms with Gasteiger partial charge in [0.15, 0.2) is 0 Å². The maximum Gasteiger partial charge on any atom is 0.125 e. The zero-order chi connectivity index (χ0) is 11.5. The fraction of sp³-hybridized carbons (Fsp3) is 0.500. The highest BCUT2D eigenvalue weighted by Gasteiger charge is 2.23. The highest BCUT2D eigenvalue weighted by molar-refractivity contribution is 6.33. The standard InChI is InChI=1S/C12H15ClFNO/c13-9-6-5-8(14)7-11(9)15-10-3-1-2-4-12(10)16/h5-7,10,12,15-16H,1-4H2. The predicted octanol–water partition coefficient (Wildman–Crippen LogP) is 3.19. The Morgan fingerprint density at radius 1 is 1.31 bits per heavy atom. The van der Waals surface area contributed by atoms with Gasteiger partial charge in [0.05, 0.1) is 22.9 Å². The van der Waals surface area contributed by atoms with Gasteiger partial charge in [0.1, 0.15) is 5.82 Å². The molecule has 1 fully saturated rings. The van der Waals surface area contributed by atoms with E-state index in [4.69, 9.17) is 11.6 Å². The first-order valence-corrected chi connectivity index (χ1v) is 5.94. The summed E-state index contributed by atoms with van der Waals surface area (Å²) in [5, 5.41) is 13.4. The van der Waals surface area contributed by atoms with E-state index in [0.29, 0.717) is 10.7 Å². The van der Waals surface area contributed by atoms with Crippen molar-refractivity contribution in [1.29, 1.82) is 0 Å². The first-order chi connectivity index (χ1) is 7.66. The molecule has 2 rings (SSSR count). The van der Waals surface area contributed by atoms with Crippen molar-refractivity contribution in [2.24, 2.45) is 0 Å². The molecule has 2 unspecified atom stereocenters. The molecule has 1 aromatic rings. The Kier molecular flexibility index (Phi) is 3.66. The van der Waals surface area contributed by atoms with Crippen molar-refractivity contribution in [1.82, 2.24) is 0 Å². The molecule has 2 N–H and O–H groups in total. The second-order valence-corrected chi connectivity index (χ2v) is 4.63. The van der Waals surface area contributed by atoms with Crippen molar-refractivity contribution in [3.8, 4) is 0 Å². The van der Waals surface area contributed by atoms with Crippen molar-refractivity contribution in [3.05, 3.63) is 29.0 Å². The summed E-state index contributed by atoms with van der Waals surface area (Å²) in [7, 11) is 0. The fourth-order valence-electron chi connectivity index (χ4n) is 2.09. The quantitative estimate of drug-likeness (QED) is 0.836. The van der Waals surface area contributed by atoms with Crippen molar-refractivity contribution in [2.45, 2.75) is 37.8 Å². The molecule has 0 bridgehead atoms. The second kappa shape index (κ2) is 5.02. The fourth-order valence-corrected chi connectivity index (χ4v) is 2.26. The molecule has 1 aliphatic rings. The average Bonchev–Trinajstić information content (AvgIpc) is 2.27. The van der Waals surface area contributed by atoms with Crippen LogP contribution >= 0.6 is 11.6 Å². The van der Waals surface area contributed by atoms with Crippen LogP contribution in [0.1, 0.15) is 25.7 Å². The van der Waals surface area contributed by atoms with E-state index in [2.05, 4.69) is 5.32 Å². The zero-order valence-electron chi connectivity index (χ0n) is 8.92. The number of nitrogens with one attached hydrogen (secondary N) is 1. The topological polar surface area (TPSA) is 32.3 Å². The monoisotopic (exact) mass is 243 g/mol. The maximum absolute atomic E-state index is 13.0. The molecular weight excluding hydrogens is 229 g/mol. The van der Waals surface area contributed by atoms with Crippen molar-refractivity contribution in [3.63, 3.8) is 0 Å². The molecule has 1 saturated carbocycles. The number of aliphatic hydroxyl groups is 1. The SMILES string of the molecule is OC1CCCCC1Nc1cc(F)ccc1Cl. The van der Waals surface area contributed by atoms with Crippen LogP contribution in [0.3, 0.4) is 0 Å². The molecule has 0 heterocycles. The lowest BCUT2D eigenvalue weighted by molar-refractivity contribution is 0.116. The third-order valence-electron chi connectivity index (χ3n) is 3.00. The van der Waals surface area contributed by atoms with Crippen LogP contribution in [0.15, 0.2) is 18.2 Å². The van der Waals surface area contributed by atoms with E-state index in [0.717, 1.165) is 25.7 Å². The zero-order valence-corrected chi connectivity index (χ0v) is 9.67. The van der Waals surface area contributed by atoms with Gasteiger partial charge in [-0.1, -0.05) is 24.4 Å². The maximum atomic E-state index is 13.0. The lowest BCUT2D eigenvalue weighted by Crippen LogP contribution is -2.36. The lowest BCUT2D eigenvalue weighted by Gasteiger charge is -2.29. The largest absolute Gasteiger partial charge is 0.391 e. The summed E-state index contributed by atoms with van der Waals surface area (Å²) in [6.07, 6.45) is 3.46. The third-order valence-corrected chi connectivity index (χ3v) is 3.33.